The van der Waals surface area contributed by atoms with Gasteiger partial charge in [-0.05, 0) is 85.4 Å². The first-order valence-electron chi connectivity index (χ1n) is 9.69. The predicted molar refractivity (Wildman–Crippen MR) is 89.8 cm³/mol. The van der Waals surface area contributed by atoms with Gasteiger partial charge in [-0.2, -0.15) is 0 Å². The first kappa shape index (κ1) is 16.4. The highest BCUT2D eigenvalue weighted by molar-refractivity contribution is 5.17. The van der Waals surface area contributed by atoms with Crippen molar-refractivity contribution in [2.24, 2.45) is 34.0 Å². The lowest BCUT2D eigenvalue weighted by Crippen LogP contribution is -2.59. The Balaban J connectivity index is 1.72. The van der Waals surface area contributed by atoms with Crippen LogP contribution in [0.25, 0.3) is 0 Å². The molecule has 4 aliphatic carbocycles. The van der Waals surface area contributed by atoms with Crippen LogP contribution in [0.3, 0.4) is 0 Å². The molecule has 1 spiro atoms. The van der Waals surface area contributed by atoms with Gasteiger partial charge in [-0.15, -0.1) is 0 Å². The number of hydrogen-bond donors (Lipinski definition) is 3. The van der Waals surface area contributed by atoms with E-state index < -0.39 is 5.60 Å². The number of rotatable bonds is 1. The van der Waals surface area contributed by atoms with Crippen LogP contribution in [-0.4, -0.2) is 33.6 Å². The molecule has 0 unspecified atom stereocenters. The normalized spacial score (nSPS) is 57.7. The number of aliphatic hydroxyl groups is 3. The lowest BCUT2D eigenvalue weighted by atomic mass is 9.41. The monoisotopic (exact) mass is 322 g/mol. The smallest absolute Gasteiger partial charge is 0.0910 e. The Morgan fingerprint density at radius 1 is 0.957 bits per heavy atom. The van der Waals surface area contributed by atoms with E-state index >= 15 is 0 Å². The second-order valence-corrected chi connectivity index (χ2v) is 10.3. The van der Waals surface area contributed by atoms with Gasteiger partial charge in [0.1, 0.15) is 0 Å². The van der Waals surface area contributed by atoms with Crippen molar-refractivity contribution >= 4 is 0 Å². The average molecular weight is 322 g/mol. The molecule has 4 saturated carbocycles. The first-order valence-corrected chi connectivity index (χ1v) is 9.69. The maximum Gasteiger partial charge on any atom is 0.0910 e. The van der Waals surface area contributed by atoms with Gasteiger partial charge in [0.25, 0.3) is 0 Å². The highest BCUT2D eigenvalue weighted by Crippen LogP contribution is 2.72. The van der Waals surface area contributed by atoms with E-state index in [0.29, 0.717) is 17.8 Å². The van der Waals surface area contributed by atoms with Crippen LogP contribution < -0.4 is 0 Å². The van der Waals surface area contributed by atoms with Crippen LogP contribution in [0.5, 0.6) is 0 Å². The van der Waals surface area contributed by atoms with Gasteiger partial charge in [0, 0.05) is 0 Å². The topological polar surface area (TPSA) is 60.7 Å². The Morgan fingerprint density at radius 2 is 1.70 bits per heavy atom. The molecule has 4 rings (SSSR count). The second-order valence-electron chi connectivity index (χ2n) is 10.3. The molecule has 132 valence electrons. The van der Waals surface area contributed by atoms with Crippen molar-refractivity contribution in [3.63, 3.8) is 0 Å². The van der Waals surface area contributed by atoms with Crippen LogP contribution in [-0.2, 0) is 0 Å². The van der Waals surface area contributed by atoms with Gasteiger partial charge in [0.2, 0.25) is 0 Å². The van der Waals surface area contributed by atoms with Gasteiger partial charge in [0.05, 0.1) is 18.3 Å². The largest absolute Gasteiger partial charge is 0.393 e. The number of aliphatic hydroxyl groups excluding tert-OH is 2. The number of fused-ring (bicyclic) bond motifs is 3. The van der Waals surface area contributed by atoms with Crippen molar-refractivity contribution in [3.8, 4) is 0 Å². The summed E-state index contributed by atoms with van der Waals surface area (Å²) >= 11 is 0. The van der Waals surface area contributed by atoms with Crippen molar-refractivity contribution in [2.75, 3.05) is 6.61 Å². The van der Waals surface area contributed by atoms with Gasteiger partial charge in [-0.1, -0.05) is 20.8 Å². The van der Waals surface area contributed by atoms with Crippen LogP contribution in [0.2, 0.25) is 0 Å². The zero-order chi connectivity index (χ0) is 16.7. The summed E-state index contributed by atoms with van der Waals surface area (Å²) in [6.45, 7) is 6.94. The minimum Gasteiger partial charge on any atom is -0.393 e. The summed E-state index contributed by atoms with van der Waals surface area (Å²) < 4.78 is 0. The van der Waals surface area contributed by atoms with E-state index in [1.54, 1.807) is 0 Å². The summed E-state index contributed by atoms with van der Waals surface area (Å²) in [4.78, 5) is 0. The lowest BCUT2D eigenvalue weighted by Gasteiger charge is -2.64. The third kappa shape index (κ3) is 1.93. The molecule has 0 heterocycles. The molecular weight excluding hydrogens is 288 g/mol. The van der Waals surface area contributed by atoms with E-state index in [0.717, 1.165) is 32.1 Å². The number of hydrogen-bond acceptors (Lipinski definition) is 3. The van der Waals surface area contributed by atoms with Crippen molar-refractivity contribution in [1.29, 1.82) is 0 Å². The zero-order valence-electron chi connectivity index (χ0n) is 15.0. The average Bonchev–Trinajstić information content (AvgIpc) is 2.70. The van der Waals surface area contributed by atoms with Crippen molar-refractivity contribution in [1.82, 2.24) is 0 Å². The molecule has 2 bridgehead atoms. The maximum absolute atomic E-state index is 10.9. The minimum absolute atomic E-state index is 0.00263. The standard InChI is InChI=1S/C20H34O3/c1-17(2)14-6-9-19-10-13(20(23,11-19)12-21)4-5-15(19)18(14,3)8-7-16(17)22/h13-16,21-23H,4-12H2,1-3H3/t13-,14-,15+,16-,18-,19+,20-/m0/s1. The van der Waals surface area contributed by atoms with Crippen LogP contribution in [0.15, 0.2) is 0 Å². The second kappa shape index (κ2) is 4.74. The highest BCUT2D eigenvalue weighted by atomic mass is 16.3. The van der Waals surface area contributed by atoms with Gasteiger partial charge in [-0.3, -0.25) is 0 Å². The maximum atomic E-state index is 10.9. The quantitative estimate of drug-likeness (QED) is 0.695. The van der Waals surface area contributed by atoms with E-state index in [2.05, 4.69) is 20.8 Å². The highest BCUT2D eigenvalue weighted by Gasteiger charge is 2.67. The summed E-state index contributed by atoms with van der Waals surface area (Å²) in [5.41, 5.74) is -0.310. The van der Waals surface area contributed by atoms with Gasteiger partial charge in [0.15, 0.2) is 0 Å². The molecule has 0 saturated heterocycles. The summed E-state index contributed by atoms with van der Waals surface area (Å²) in [5.74, 6) is 1.53. The minimum atomic E-state index is -0.832. The molecule has 7 atom stereocenters. The molecule has 23 heavy (non-hydrogen) atoms. The molecular formula is C20H34O3. The Hall–Kier alpha value is -0.120. The molecule has 4 aliphatic rings. The van der Waals surface area contributed by atoms with Gasteiger partial charge >= 0.3 is 0 Å². The molecule has 0 aromatic carbocycles. The Labute approximate surface area is 140 Å². The zero-order valence-corrected chi connectivity index (χ0v) is 15.0. The van der Waals surface area contributed by atoms with E-state index in [9.17, 15) is 15.3 Å². The van der Waals surface area contributed by atoms with Crippen molar-refractivity contribution < 1.29 is 15.3 Å². The Morgan fingerprint density at radius 3 is 2.39 bits per heavy atom. The van der Waals surface area contributed by atoms with E-state index in [1.165, 1.54) is 19.3 Å². The van der Waals surface area contributed by atoms with Gasteiger partial charge < -0.3 is 15.3 Å². The summed E-state index contributed by atoms with van der Waals surface area (Å²) in [5, 5.41) is 31.3. The fourth-order valence-electron chi connectivity index (χ4n) is 8.02. The fraction of sp³-hybridized carbons (Fsp3) is 1.00. The molecule has 3 heteroatoms. The van der Waals surface area contributed by atoms with E-state index in [4.69, 9.17) is 0 Å². The third-order valence-corrected chi connectivity index (χ3v) is 9.12. The van der Waals surface area contributed by atoms with Crippen LogP contribution in [0, 0.1) is 34.0 Å². The Kier molecular flexibility index (Phi) is 3.37. The SMILES string of the molecule is CC1(C)[C@@H](O)CC[C@@]2(C)[C@H]1CC[C@]13C[C@H](CC[C@@H]12)[C@@](O)(CO)C3. The third-order valence-electron chi connectivity index (χ3n) is 9.12. The van der Waals surface area contributed by atoms with Gasteiger partial charge in [-0.25, -0.2) is 0 Å². The molecule has 0 radical (unpaired) electrons. The molecule has 0 aromatic rings. The van der Waals surface area contributed by atoms with Crippen LogP contribution in [0.1, 0.15) is 72.1 Å². The van der Waals surface area contributed by atoms with Crippen molar-refractivity contribution in [2.45, 2.75) is 83.8 Å². The predicted octanol–water partition coefficient (Wildman–Crippen LogP) is 3.11. The van der Waals surface area contributed by atoms with E-state index in [1.807, 2.05) is 0 Å². The lowest BCUT2D eigenvalue weighted by molar-refractivity contribution is -0.180. The van der Waals surface area contributed by atoms with E-state index in [-0.39, 0.29) is 29.0 Å². The van der Waals surface area contributed by atoms with Crippen LogP contribution >= 0.6 is 0 Å². The molecule has 0 aliphatic heterocycles. The molecule has 3 nitrogen and oxygen atoms in total. The summed E-state index contributed by atoms with van der Waals surface area (Å²) in [6.07, 6.45) is 8.39. The Bertz CT molecular complexity index is 503. The molecule has 4 fully saturated rings. The molecule has 0 aromatic heterocycles. The van der Waals surface area contributed by atoms with Crippen LogP contribution in [0.4, 0.5) is 0 Å². The summed E-state index contributed by atoms with van der Waals surface area (Å²) in [6, 6.07) is 0. The molecule has 3 N–H and O–H groups in total. The fourth-order valence-corrected chi connectivity index (χ4v) is 8.02. The summed E-state index contributed by atoms with van der Waals surface area (Å²) in [7, 11) is 0. The first-order chi connectivity index (χ1) is 10.7. The molecule has 0 amide bonds. The van der Waals surface area contributed by atoms with Crippen molar-refractivity contribution in [3.05, 3.63) is 0 Å².